The van der Waals surface area contributed by atoms with E-state index in [4.69, 9.17) is 0 Å². The molecule has 0 aromatic rings. The van der Waals surface area contributed by atoms with Gasteiger partial charge in [-0.3, -0.25) is 0 Å². The summed E-state index contributed by atoms with van der Waals surface area (Å²) < 4.78 is 0. The summed E-state index contributed by atoms with van der Waals surface area (Å²) in [4.78, 5) is 0. The third kappa shape index (κ3) is 2.63. The molecule has 43 valence electrons. The topological polar surface area (TPSA) is 19.9 Å². The molecule has 0 aliphatic heterocycles. The molecular formula is C6H13O. The van der Waals surface area contributed by atoms with Crippen LogP contribution in [0.5, 0.6) is 0 Å². The van der Waals surface area contributed by atoms with Gasteiger partial charge >= 0.3 is 0 Å². The summed E-state index contributed by atoms with van der Waals surface area (Å²) in [5, 5.41) is 10.1. The standard InChI is InChI=1S/C6H13O/c1-5(2)6(3)4-7/h5-6H,4H2,1-3H3. The molecule has 1 unspecified atom stereocenters. The zero-order valence-corrected chi connectivity index (χ0v) is 5.27. The Morgan fingerprint density at radius 2 is 1.71 bits per heavy atom. The van der Waals surface area contributed by atoms with E-state index in [9.17, 15) is 5.11 Å². The summed E-state index contributed by atoms with van der Waals surface area (Å²) in [5.41, 5.74) is 0. The highest BCUT2D eigenvalue weighted by atomic mass is 16.3. The number of rotatable bonds is 2. The Morgan fingerprint density at radius 3 is 1.71 bits per heavy atom. The van der Waals surface area contributed by atoms with E-state index in [1.54, 1.807) is 0 Å². The number of hydrogen-bond donors (Lipinski definition) is 0. The van der Waals surface area contributed by atoms with E-state index in [1.807, 2.05) is 6.92 Å². The molecular weight excluding hydrogens is 88.1 g/mol. The lowest BCUT2D eigenvalue weighted by Gasteiger charge is -2.08. The maximum atomic E-state index is 10.1. The molecule has 0 bridgehead atoms. The van der Waals surface area contributed by atoms with Crippen LogP contribution in [0.1, 0.15) is 20.8 Å². The van der Waals surface area contributed by atoms with E-state index in [1.165, 1.54) is 0 Å². The van der Waals surface area contributed by atoms with Crippen molar-refractivity contribution in [3.8, 4) is 0 Å². The highest BCUT2D eigenvalue weighted by Gasteiger charge is 2.03. The Kier molecular flexibility index (Phi) is 3.01. The Balaban J connectivity index is 3.14. The van der Waals surface area contributed by atoms with Gasteiger partial charge in [0, 0.05) is 0 Å². The molecule has 1 nitrogen and oxygen atoms in total. The lowest BCUT2D eigenvalue weighted by atomic mass is 10.00. The molecule has 1 radical (unpaired) electrons. The van der Waals surface area contributed by atoms with Crippen LogP contribution in [0, 0.1) is 11.8 Å². The summed E-state index contributed by atoms with van der Waals surface area (Å²) in [7, 11) is 0. The van der Waals surface area contributed by atoms with Gasteiger partial charge in [0.15, 0.2) is 0 Å². The molecule has 0 N–H and O–H groups in total. The summed E-state index contributed by atoms with van der Waals surface area (Å²) in [5.74, 6) is 0.900. The van der Waals surface area contributed by atoms with Gasteiger partial charge in [0.25, 0.3) is 0 Å². The highest BCUT2D eigenvalue weighted by Crippen LogP contribution is 2.06. The van der Waals surface area contributed by atoms with Crippen LogP contribution in [-0.2, 0) is 5.11 Å². The van der Waals surface area contributed by atoms with Crippen LogP contribution in [0.25, 0.3) is 0 Å². The van der Waals surface area contributed by atoms with Crippen molar-refractivity contribution in [2.45, 2.75) is 20.8 Å². The molecule has 0 saturated carbocycles. The van der Waals surface area contributed by atoms with Gasteiger partial charge < -0.3 is 0 Å². The Hall–Kier alpha value is -0.0400. The molecule has 0 rings (SSSR count). The smallest absolute Gasteiger partial charge is 0.0850 e. The largest absolute Gasteiger partial charge is 0.236 e. The van der Waals surface area contributed by atoms with Crippen LogP contribution in [-0.4, -0.2) is 6.61 Å². The van der Waals surface area contributed by atoms with E-state index in [0.717, 1.165) is 0 Å². The van der Waals surface area contributed by atoms with Gasteiger partial charge in [0.2, 0.25) is 0 Å². The minimum absolute atomic E-state index is 0.0671. The fourth-order valence-electron chi connectivity index (χ4n) is 0.192. The highest BCUT2D eigenvalue weighted by molar-refractivity contribution is 4.52. The second-order valence-corrected chi connectivity index (χ2v) is 2.39. The fourth-order valence-corrected chi connectivity index (χ4v) is 0.192. The lowest BCUT2D eigenvalue weighted by molar-refractivity contribution is 0.129. The third-order valence-corrected chi connectivity index (χ3v) is 1.40. The van der Waals surface area contributed by atoms with Gasteiger partial charge in [-0.25, -0.2) is 5.11 Å². The average molecular weight is 101 g/mol. The summed E-state index contributed by atoms with van der Waals surface area (Å²) >= 11 is 0. The Bertz CT molecular complexity index is 41.4. The van der Waals surface area contributed by atoms with Crippen molar-refractivity contribution in [2.24, 2.45) is 11.8 Å². The Morgan fingerprint density at radius 1 is 1.29 bits per heavy atom. The van der Waals surface area contributed by atoms with E-state index in [0.29, 0.717) is 11.8 Å². The van der Waals surface area contributed by atoms with Crippen molar-refractivity contribution in [3.63, 3.8) is 0 Å². The molecule has 0 spiro atoms. The molecule has 0 aromatic carbocycles. The lowest BCUT2D eigenvalue weighted by Crippen LogP contribution is -2.06. The quantitative estimate of drug-likeness (QED) is 0.504. The fraction of sp³-hybridized carbons (Fsp3) is 1.00. The molecule has 0 saturated heterocycles. The van der Waals surface area contributed by atoms with Crippen molar-refractivity contribution in [2.75, 3.05) is 6.61 Å². The van der Waals surface area contributed by atoms with Gasteiger partial charge in [-0.05, 0) is 11.8 Å². The van der Waals surface area contributed by atoms with Crippen molar-refractivity contribution < 1.29 is 5.11 Å². The van der Waals surface area contributed by atoms with E-state index in [2.05, 4.69) is 13.8 Å². The number of hydrogen-bond acceptors (Lipinski definition) is 0. The molecule has 0 aromatic heterocycles. The molecule has 1 atom stereocenters. The molecule has 0 heterocycles. The molecule has 0 aliphatic rings. The first kappa shape index (κ1) is 6.96. The maximum Gasteiger partial charge on any atom is 0.0850 e. The summed E-state index contributed by atoms with van der Waals surface area (Å²) in [6.07, 6.45) is 0. The van der Waals surface area contributed by atoms with Crippen molar-refractivity contribution in [1.82, 2.24) is 0 Å². The first-order valence-corrected chi connectivity index (χ1v) is 2.76. The normalized spacial score (nSPS) is 15.0. The summed E-state index contributed by atoms with van der Waals surface area (Å²) in [6.45, 7) is 6.19. The maximum absolute atomic E-state index is 10.1. The minimum Gasteiger partial charge on any atom is -0.236 e. The monoisotopic (exact) mass is 101 g/mol. The molecule has 0 aliphatic carbocycles. The SMILES string of the molecule is CC(C)C(C)C[O]. The van der Waals surface area contributed by atoms with Crippen LogP contribution in [0.15, 0.2) is 0 Å². The first-order valence-electron chi connectivity index (χ1n) is 2.76. The van der Waals surface area contributed by atoms with Gasteiger partial charge in [0.1, 0.15) is 0 Å². The molecule has 1 heteroatoms. The molecule has 0 fully saturated rings. The van der Waals surface area contributed by atoms with Crippen LogP contribution < -0.4 is 0 Å². The van der Waals surface area contributed by atoms with Crippen molar-refractivity contribution in [3.05, 3.63) is 0 Å². The van der Waals surface area contributed by atoms with Crippen LogP contribution >= 0.6 is 0 Å². The van der Waals surface area contributed by atoms with Crippen molar-refractivity contribution in [1.29, 1.82) is 0 Å². The van der Waals surface area contributed by atoms with Gasteiger partial charge in [-0.2, -0.15) is 0 Å². The zero-order valence-electron chi connectivity index (χ0n) is 5.27. The third-order valence-electron chi connectivity index (χ3n) is 1.40. The first-order chi connectivity index (χ1) is 3.18. The van der Waals surface area contributed by atoms with Crippen LogP contribution in [0.2, 0.25) is 0 Å². The second-order valence-electron chi connectivity index (χ2n) is 2.39. The van der Waals surface area contributed by atoms with Crippen LogP contribution in [0.4, 0.5) is 0 Å². The minimum atomic E-state index is 0.0671. The molecule has 7 heavy (non-hydrogen) atoms. The van der Waals surface area contributed by atoms with Gasteiger partial charge in [0.05, 0.1) is 6.61 Å². The van der Waals surface area contributed by atoms with Gasteiger partial charge in [-0.15, -0.1) is 0 Å². The van der Waals surface area contributed by atoms with E-state index >= 15 is 0 Å². The molecule has 0 amide bonds. The average Bonchev–Trinajstić information content (AvgIpc) is 1.65. The van der Waals surface area contributed by atoms with Crippen molar-refractivity contribution >= 4 is 0 Å². The predicted molar refractivity (Wildman–Crippen MR) is 29.6 cm³/mol. The summed E-state index contributed by atoms with van der Waals surface area (Å²) in [6, 6.07) is 0. The Labute approximate surface area is 45.4 Å². The zero-order chi connectivity index (χ0) is 5.86. The van der Waals surface area contributed by atoms with E-state index < -0.39 is 0 Å². The van der Waals surface area contributed by atoms with Crippen LogP contribution in [0.3, 0.4) is 0 Å². The predicted octanol–water partition coefficient (Wildman–Crippen LogP) is 1.71. The second kappa shape index (κ2) is 3.03. The van der Waals surface area contributed by atoms with Gasteiger partial charge in [-0.1, -0.05) is 20.8 Å². The van der Waals surface area contributed by atoms with E-state index in [-0.39, 0.29) is 6.61 Å².